The van der Waals surface area contributed by atoms with E-state index in [4.69, 9.17) is 5.26 Å². The van der Waals surface area contributed by atoms with Crippen molar-refractivity contribution >= 4 is 0 Å². The fourth-order valence-corrected chi connectivity index (χ4v) is 3.21. The summed E-state index contributed by atoms with van der Waals surface area (Å²) in [6.45, 7) is 6.13. The highest BCUT2D eigenvalue weighted by Crippen LogP contribution is 2.34. The minimum Gasteiger partial charge on any atom is -0.298 e. The van der Waals surface area contributed by atoms with Crippen molar-refractivity contribution < 1.29 is 0 Å². The highest BCUT2D eigenvalue weighted by atomic mass is 15.2. The first-order chi connectivity index (χ1) is 8.76. The van der Waals surface area contributed by atoms with Gasteiger partial charge in [-0.15, -0.1) is 0 Å². The van der Waals surface area contributed by atoms with Crippen LogP contribution in [0.15, 0.2) is 0 Å². The van der Waals surface area contributed by atoms with Gasteiger partial charge < -0.3 is 0 Å². The molecule has 1 saturated carbocycles. The SMILES string of the molecule is CCCC1CCC(C#N)C(N(CC)CCC#N)C1. The van der Waals surface area contributed by atoms with Crippen LogP contribution in [0.1, 0.15) is 52.4 Å². The fourth-order valence-electron chi connectivity index (χ4n) is 3.21. The molecule has 0 aromatic carbocycles. The summed E-state index contributed by atoms with van der Waals surface area (Å²) >= 11 is 0. The Balaban J connectivity index is 2.66. The van der Waals surface area contributed by atoms with Gasteiger partial charge >= 0.3 is 0 Å². The lowest BCUT2D eigenvalue weighted by atomic mass is 9.76. The van der Waals surface area contributed by atoms with Gasteiger partial charge in [-0.1, -0.05) is 26.7 Å². The van der Waals surface area contributed by atoms with E-state index in [1.807, 2.05) is 0 Å². The molecule has 18 heavy (non-hydrogen) atoms. The predicted octanol–water partition coefficient (Wildman–Crippen LogP) is 3.33. The third-order valence-electron chi connectivity index (χ3n) is 4.17. The molecule has 1 rings (SSSR count). The molecule has 0 aromatic heterocycles. The van der Waals surface area contributed by atoms with Crippen LogP contribution in [-0.2, 0) is 0 Å². The van der Waals surface area contributed by atoms with Crippen LogP contribution in [0.3, 0.4) is 0 Å². The summed E-state index contributed by atoms with van der Waals surface area (Å²) in [7, 11) is 0. The first kappa shape index (κ1) is 15.0. The van der Waals surface area contributed by atoms with E-state index in [1.165, 1.54) is 19.3 Å². The molecule has 0 N–H and O–H groups in total. The molecule has 0 heterocycles. The molecule has 1 fully saturated rings. The molecule has 0 aromatic rings. The first-order valence-corrected chi connectivity index (χ1v) is 7.27. The summed E-state index contributed by atoms with van der Waals surface area (Å²) in [5.74, 6) is 0.942. The molecule has 3 atom stereocenters. The topological polar surface area (TPSA) is 50.8 Å². The molecule has 0 spiro atoms. The lowest BCUT2D eigenvalue weighted by molar-refractivity contribution is 0.104. The normalized spacial score (nSPS) is 27.7. The van der Waals surface area contributed by atoms with E-state index in [9.17, 15) is 5.26 Å². The number of hydrogen-bond donors (Lipinski definition) is 0. The maximum absolute atomic E-state index is 9.31. The van der Waals surface area contributed by atoms with Crippen LogP contribution >= 0.6 is 0 Å². The van der Waals surface area contributed by atoms with Crippen molar-refractivity contribution in [2.45, 2.75) is 58.4 Å². The van der Waals surface area contributed by atoms with Gasteiger partial charge in [0.25, 0.3) is 0 Å². The molecule has 0 aliphatic heterocycles. The van der Waals surface area contributed by atoms with E-state index >= 15 is 0 Å². The van der Waals surface area contributed by atoms with Gasteiger partial charge in [-0.3, -0.25) is 4.90 Å². The minimum atomic E-state index is 0.164. The number of nitriles is 2. The van der Waals surface area contributed by atoms with E-state index in [-0.39, 0.29) is 5.92 Å². The second-order valence-electron chi connectivity index (χ2n) is 5.31. The number of hydrogen-bond acceptors (Lipinski definition) is 3. The second kappa shape index (κ2) is 8.11. The van der Waals surface area contributed by atoms with Gasteiger partial charge in [0, 0.05) is 19.0 Å². The summed E-state index contributed by atoms with van der Waals surface area (Å²) in [4.78, 5) is 2.35. The summed E-state index contributed by atoms with van der Waals surface area (Å²) in [5, 5.41) is 18.0. The predicted molar refractivity (Wildman–Crippen MR) is 72.6 cm³/mol. The molecule has 3 unspecified atom stereocenters. The van der Waals surface area contributed by atoms with Gasteiger partial charge in [0.05, 0.1) is 18.1 Å². The van der Waals surface area contributed by atoms with Gasteiger partial charge in [0.2, 0.25) is 0 Å². The van der Waals surface area contributed by atoms with Crippen molar-refractivity contribution in [1.82, 2.24) is 4.90 Å². The average Bonchev–Trinajstić information content (AvgIpc) is 2.40. The third kappa shape index (κ3) is 4.00. The molecular formula is C15H25N3. The Bertz CT molecular complexity index is 313. The zero-order chi connectivity index (χ0) is 13.4. The Hall–Kier alpha value is -1.06. The van der Waals surface area contributed by atoms with Gasteiger partial charge in [-0.05, 0) is 31.7 Å². The minimum absolute atomic E-state index is 0.164. The van der Waals surface area contributed by atoms with Crippen LogP contribution in [-0.4, -0.2) is 24.0 Å². The smallest absolute Gasteiger partial charge is 0.0672 e. The number of rotatable bonds is 6. The van der Waals surface area contributed by atoms with E-state index < -0.39 is 0 Å². The molecule has 1 aliphatic rings. The molecule has 3 heteroatoms. The first-order valence-electron chi connectivity index (χ1n) is 7.27. The highest BCUT2D eigenvalue weighted by Gasteiger charge is 2.33. The van der Waals surface area contributed by atoms with Crippen LogP contribution in [0.2, 0.25) is 0 Å². The standard InChI is InChI=1S/C15H25N3/c1-3-6-13-7-8-14(12-17)15(11-13)18(4-2)10-5-9-16/h13-15H,3-8,10-11H2,1-2H3. The lowest BCUT2D eigenvalue weighted by Gasteiger charge is -2.39. The highest BCUT2D eigenvalue weighted by molar-refractivity contribution is 4.97. The number of nitrogens with zero attached hydrogens (tertiary/aromatic N) is 3. The summed E-state index contributed by atoms with van der Waals surface area (Å²) in [5.41, 5.74) is 0. The summed E-state index contributed by atoms with van der Waals surface area (Å²) < 4.78 is 0. The Kier molecular flexibility index (Phi) is 6.76. The third-order valence-corrected chi connectivity index (χ3v) is 4.17. The maximum atomic E-state index is 9.31. The quantitative estimate of drug-likeness (QED) is 0.723. The van der Waals surface area contributed by atoms with Gasteiger partial charge in [0.1, 0.15) is 0 Å². The van der Waals surface area contributed by atoms with Crippen molar-refractivity contribution in [1.29, 1.82) is 10.5 Å². The summed E-state index contributed by atoms with van der Waals surface area (Å²) in [6, 6.07) is 5.07. The van der Waals surface area contributed by atoms with Gasteiger partial charge in [0.15, 0.2) is 0 Å². The van der Waals surface area contributed by atoms with Crippen LogP contribution in [0.25, 0.3) is 0 Å². The lowest BCUT2D eigenvalue weighted by Crippen LogP contribution is -2.44. The maximum Gasteiger partial charge on any atom is 0.0672 e. The molecule has 3 nitrogen and oxygen atoms in total. The second-order valence-corrected chi connectivity index (χ2v) is 5.31. The molecule has 0 bridgehead atoms. The van der Waals surface area contributed by atoms with E-state index in [0.717, 1.165) is 31.8 Å². The van der Waals surface area contributed by atoms with Crippen LogP contribution in [0.4, 0.5) is 0 Å². The molecule has 100 valence electrons. The Morgan fingerprint density at radius 1 is 1.22 bits per heavy atom. The van der Waals surface area contributed by atoms with Crippen LogP contribution in [0, 0.1) is 34.5 Å². The molecular weight excluding hydrogens is 222 g/mol. The van der Waals surface area contributed by atoms with Crippen LogP contribution < -0.4 is 0 Å². The molecule has 1 aliphatic carbocycles. The fraction of sp³-hybridized carbons (Fsp3) is 0.867. The van der Waals surface area contributed by atoms with Crippen molar-refractivity contribution in [3.63, 3.8) is 0 Å². The Morgan fingerprint density at radius 2 is 2.00 bits per heavy atom. The van der Waals surface area contributed by atoms with Crippen molar-refractivity contribution in [3.05, 3.63) is 0 Å². The van der Waals surface area contributed by atoms with E-state index in [2.05, 4.69) is 30.9 Å². The Labute approximate surface area is 111 Å². The summed E-state index contributed by atoms with van der Waals surface area (Å²) in [6.07, 6.45) is 6.48. The monoisotopic (exact) mass is 247 g/mol. The van der Waals surface area contributed by atoms with Crippen molar-refractivity contribution in [2.75, 3.05) is 13.1 Å². The van der Waals surface area contributed by atoms with Crippen molar-refractivity contribution in [2.24, 2.45) is 11.8 Å². The Morgan fingerprint density at radius 3 is 2.56 bits per heavy atom. The zero-order valence-electron chi connectivity index (χ0n) is 11.7. The zero-order valence-corrected chi connectivity index (χ0v) is 11.7. The van der Waals surface area contributed by atoms with Gasteiger partial charge in [-0.25, -0.2) is 0 Å². The molecule has 0 radical (unpaired) electrons. The molecule has 0 amide bonds. The van der Waals surface area contributed by atoms with E-state index in [1.54, 1.807) is 0 Å². The molecule has 0 saturated heterocycles. The van der Waals surface area contributed by atoms with Crippen LogP contribution in [0.5, 0.6) is 0 Å². The van der Waals surface area contributed by atoms with Gasteiger partial charge in [-0.2, -0.15) is 10.5 Å². The van der Waals surface area contributed by atoms with Crippen molar-refractivity contribution in [3.8, 4) is 12.1 Å². The van der Waals surface area contributed by atoms with E-state index in [0.29, 0.717) is 12.5 Å². The average molecular weight is 247 g/mol. The largest absolute Gasteiger partial charge is 0.298 e.